The standard InChI is InChI=1S/C6H4FIS/c7-5-2-1-4(8)3-6(5)9/h1-3,9H. The number of rotatable bonds is 0. The molecule has 9 heavy (non-hydrogen) atoms. The average Bonchev–Trinajstić information content (AvgIpc) is 1.80. The van der Waals surface area contributed by atoms with Crippen LogP contribution in [0.4, 0.5) is 4.39 Å². The molecule has 1 rings (SSSR count). The Labute approximate surface area is 72.0 Å². The van der Waals surface area contributed by atoms with Crippen LogP contribution in [0.1, 0.15) is 0 Å². The van der Waals surface area contributed by atoms with E-state index in [1.165, 1.54) is 6.07 Å². The molecule has 0 fully saturated rings. The molecule has 0 aromatic heterocycles. The van der Waals surface area contributed by atoms with Crippen molar-refractivity contribution in [3.63, 3.8) is 0 Å². The zero-order valence-electron chi connectivity index (χ0n) is 4.44. The van der Waals surface area contributed by atoms with Gasteiger partial charge in [0.2, 0.25) is 0 Å². The number of benzene rings is 1. The lowest BCUT2D eigenvalue weighted by atomic mass is 10.3. The summed E-state index contributed by atoms with van der Waals surface area (Å²) in [5.41, 5.74) is 0. The minimum Gasteiger partial charge on any atom is -0.206 e. The molecule has 1 aromatic rings. The second kappa shape index (κ2) is 2.88. The Morgan fingerprint density at radius 3 is 2.56 bits per heavy atom. The Morgan fingerprint density at radius 2 is 2.11 bits per heavy atom. The molecule has 0 atom stereocenters. The molecule has 48 valence electrons. The van der Waals surface area contributed by atoms with Gasteiger partial charge >= 0.3 is 0 Å². The monoisotopic (exact) mass is 254 g/mol. The van der Waals surface area contributed by atoms with E-state index in [1.807, 2.05) is 0 Å². The molecule has 0 aliphatic heterocycles. The van der Waals surface area contributed by atoms with Crippen LogP contribution in [0.5, 0.6) is 0 Å². The second-order valence-electron chi connectivity index (χ2n) is 1.60. The smallest absolute Gasteiger partial charge is 0.136 e. The molecule has 0 N–H and O–H groups in total. The van der Waals surface area contributed by atoms with Crippen molar-refractivity contribution in [2.24, 2.45) is 0 Å². The SMILES string of the molecule is Fc1ccc(I)cc1S. The molecule has 0 heterocycles. The van der Waals surface area contributed by atoms with E-state index in [0.29, 0.717) is 4.90 Å². The van der Waals surface area contributed by atoms with Crippen LogP contribution in [0.2, 0.25) is 0 Å². The molecule has 0 saturated carbocycles. The van der Waals surface area contributed by atoms with E-state index in [1.54, 1.807) is 12.1 Å². The van der Waals surface area contributed by atoms with Crippen molar-refractivity contribution in [1.29, 1.82) is 0 Å². The summed E-state index contributed by atoms with van der Waals surface area (Å²) in [5, 5.41) is 0. The fourth-order valence-corrected chi connectivity index (χ4v) is 1.44. The Morgan fingerprint density at radius 1 is 1.44 bits per heavy atom. The molecule has 0 aliphatic carbocycles. The zero-order valence-corrected chi connectivity index (χ0v) is 7.49. The minimum atomic E-state index is -0.265. The summed E-state index contributed by atoms with van der Waals surface area (Å²) in [5.74, 6) is -0.265. The Balaban J connectivity index is 3.17. The first-order chi connectivity index (χ1) is 4.20. The van der Waals surface area contributed by atoms with Gasteiger partial charge in [-0.15, -0.1) is 12.6 Å². The van der Waals surface area contributed by atoms with Crippen molar-refractivity contribution >= 4 is 35.2 Å². The summed E-state index contributed by atoms with van der Waals surface area (Å²) in [6, 6.07) is 4.79. The first kappa shape index (κ1) is 7.34. The maximum absolute atomic E-state index is 12.4. The van der Waals surface area contributed by atoms with Gasteiger partial charge in [-0.3, -0.25) is 0 Å². The highest BCUT2D eigenvalue weighted by Crippen LogP contribution is 2.14. The summed E-state index contributed by atoms with van der Waals surface area (Å²) in [6.45, 7) is 0. The molecule has 0 radical (unpaired) electrons. The van der Waals surface area contributed by atoms with Gasteiger partial charge < -0.3 is 0 Å². The highest BCUT2D eigenvalue weighted by Gasteiger charge is 1.95. The summed E-state index contributed by atoms with van der Waals surface area (Å²) < 4.78 is 13.4. The minimum absolute atomic E-state index is 0.265. The first-order valence-electron chi connectivity index (χ1n) is 2.34. The summed E-state index contributed by atoms with van der Waals surface area (Å²) in [7, 11) is 0. The average molecular weight is 254 g/mol. The van der Waals surface area contributed by atoms with E-state index in [0.717, 1.165) is 3.57 Å². The molecule has 0 spiro atoms. The van der Waals surface area contributed by atoms with E-state index in [2.05, 4.69) is 35.2 Å². The van der Waals surface area contributed by atoms with Gasteiger partial charge in [0.15, 0.2) is 0 Å². The number of hydrogen-bond donors (Lipinski definition) is 1. The predicted molar refractivity (Wildman–Crippen MR) is 46.4 cm³/mol. The van der Waals surface area contributed by atoms with Gasteiger partial charge in [-0.05, 0) is 40.8 Å². The van der Waals surface area contributed by atoms with Crippen molar-refractivity contribution < 1.29 is 4.39 Å². The molecular weight excluding hydrogens is 250 g/mol. The molecule has 0 saturated heterocycles. The van der Waals surface area contributed by atoms with Crippen molar-refractivity contribution in [2.75, 3.05) is 0 Å². The van der Waals surface area contributed by atoms with E-state index >= 15 is 0 Å². The number of hydrogen-bond acceptors (Lipinski definition) is 1. The second-order valence-corrected chi connectivity index (χ2v) is 3.32. The van der Waals surface area contributed by atoms with Crippen molar-refractivity contribution in [1.82, 2.24) is 0 Å². The van der Waals surface area contributed by atoms with E-state index < -0.39 is 0 Å². The van der Waals surface area contributed by atoms with E-state index in [4.69, 9.17) is 0 Å². The van der Waals surface area contributed by atoms with Crippen LogP contribution < -0.4 is 0 Å². The van der Waals surface area contributed by atoms with Crippen molar-refractivity contribution in [3.05, 3.63) is 27.6 Å². The Kier molecular flexibility index (Phi) is 2.35. The molecule has 0 aliphatic rings. The topological polar surface area (TPSA) is 0 Å². The lowest BCUT2D eigenvalue weighted by Gasteiger charge is -1.93. The lowest BCUT2D eigenvalue weighted by Crippen LogP contribution is -1.77. The third-order valence-corrected chi connectivity index (χ3v) is 1.92. The van der Waals surface area contributed by atoms with Gasteiger partial charge in [-0.25, -0.2) is 4.39 Å². The third-order valence-electron chi connectivity index (χ3n) is 0.908. The van der Waals surface area contributed by atoms with Gasteiger partial charge in [-0.2, -0.15) is 0 Å². The maximum atomic E-state index is 12.4. The molecular formula is C6H4FIS. The van der Waals surface area contributed by atoms with Gasteiger partial charge in [0.25, 0.3) is 0 Å². The summed E-state index contributed by atoms with van der Waals surface area (Å²) in [4.78, 5) is 0.405. The largest absolute Gasteiger partial charge is 0.206 e. The maximum Gasteiger partial charge on any atom is 0.136 e. The third kappa shape index (κ3) is 1.82. The molecule has 0 bridgehead atoms. The summed E-state index contributed by atoms with van der Waals surface area (Å²) >= 11 is 5.99. The number of halogens is 2. The van der Waals surface area contributed by atoms with Gasteiger partial charge in [0, 0.05) is 8.47 Å². The van der Waals surface area contributed by atoms with Crippen LogP contribution in [-0.2, 0) is 0 Å². The fourth-order valence-electron chi connectivity index (χ4n) is 0.486. The van der Waals surface area contributed by atoms with Gasteiger partial charge in [-0.1, -0.05) is 0 Å². The molecule has 1 aromatic carbocycles. The highest BCUT2D eigenvalue weighted by molar-refractivity contribution is 14.1. The van der Waals surface area contributed by atoms with Gasteiger partial charge in [0.1, 0.15) is 5.82 Å². The van der Waals surface area contributed by atoms with Crippen LogP contribution in [0.3, 0.4) is 0 Å². The molecule has 3 heteroatoms. The fraction of sp³-hybridized carbons (Fsp3) is 0. The van der Waals surface area contributed by atoms with E-state index in [-0.39, 0.29) is 5.82 Å². The highest BCUT2D eigenvalue weighted by atomic mass is 127. The van der Waals surface area contributed by atoms with Crippen LogP contribution in [-0.4, -0.2) is 0 Å². The van der Waals surface area contributed by atoms with E-state index in [9.17, 15) is 4.39 Å². The Hall–Kier alpha value is 0.230. The zero-order chi connectivity index (χ0) is 6.85. The van der Waals surface area contributed by atoms with Crippen LogP contribution in [0.25, 0.3) is 0 Å². The molecule has 0 nitrogen and oxygen atoms in total. The summed E-state index contributed by atoms with van der Waals surface area (Å²) in [6.07, 6.45) is 0. The van der Waals surface area contributed by atoms with Crippen molar-refractivity contribution in [2.45, 2.75) is 4.90 Å². The normalized spacial score (nSPS) is 9.67. The predicted octanol–water partition coefficient (Wildman–Crippen LogP) is 2.72. The molecule has 0 unspecified atom stereocenters. The van der Waals surface area contributed by atoms with Crippen molar-refractivity contribution in [3.8, 4) is 0 Å². The quantitative estimate of drug-likeness (QED) is 0.534. The van der Waals surface area contributed by atoms with Crippen LogP contribution >= 0.6 is 35.2 Å². The lowest BCUT2D eigenvalue weighted by molar-refractivity contribution is 0.602. The Bertz CT molecular complexity index is 224. The van der Waals surface area contributed by atoms with Gasteiger partial charge in [0.05, 0.1) is 0 Å². The first-order valence-corrected chi connectivity index (χ1v) is 3.87. The van der Waals surface area contributed by atoms with Crippen LogP contribution in [0, 0.1) is 9.39 Å². The number of thiol groups is 1. The van der Waals surface area contributed by atoms with Crippen LogP contribution in [0.15, 0.2) is 23.1 Å². The molecule has 0 amide bonds.